The van der Waals surface area contributed by atoms with Crippen LogP contribution in [-0.4, -0.2) is 35.1 Å². The second-order valence-electron chi connectivity index (χ2n) is 4.79. The van der Waals surface area contributed by atoms with Gasteiger partial charge in [-0.05, 0) is 46.7 Å². The molecule has 1 N–H and O–H groups in total. The number of nitrogens with zero attached hydrogens (tertiary/aromatic N) is 2. The quantitative estimate of drug-likeness (QED) is 0.789. The van der Waals surface area contributed by atoms with Gasteiger partial charge in [0.2, 0.25) is 0 Å². The zero-order valence-electron chi connectivity index (χ0n) is 11.7. The molecule has 0 saturated heterocycles. The Kier molecular flexibility index (Phi) is 5.15. The lowest BCUT2D eigenvalue weighted by Gasteiger charge is -2.33. The van der Waals surface area contributed by atoms with E-state index in [1.165, 1.54) is 5.56 Å². The van der Waals surface area contributed by atoms with Crippen LogP contribution in [0.1, 0.15) is 33.3 Å². The Labute approximate surface area is 104 Å². The van der Waals surface area contributed by atoms with Crippen LogP contribution in [0.5, 0.6) is 0 Å². The standard InChI is InChI=1S/C13H25N3O/c1-6-16-10-11(9-15-16)8-12(14-5)13(3,4)17-7-2/h9-10,12,14H,6-8H2,1-5H3. The fourth-order valence-electron chi connectivity index (χ4n) is 2.09. The average molecular weight is 239 g/mol. The van der Waals surface area contributed by atoms with Crippen molar-refractivity contribution < 1.29 is 4.74 Å². The molecule has 0 fully saturated rings. The number of hydrogen-bond donors (Lipinski definition) is 1. The molecule has 0 radical (unpaired) electrons. The summed E-state index contributed by atoms with van der Waals surface area (Å²) in [5, 5.41) is 7.64. The normalized spacial score (nSPS) is 13.9. The second kappa shape index (κ2) is 6.17. The highest BCUT2D eigenvalue weighted by atomic mass is 16.5. The Morgan fingerprint density at radius 2 is 2.18 bits per heavy atom. The number of hydrogen-bond acceptors (Lipinski definition) is 3. The summed E-state index contributed by atoms with van der Waals surface area (Å²) in [7, 11) is 1.98. The third-order valence-corrected chi connectivity index (χ3v) is 3.15. The first-order chi connectivity index (χ1) is 8.03. The van der Waals surface area contributed by atoms with Crippen LogP contribution in [-0.2, 0) is 17.7 Å². The molecule has 0 amide bonds. The third kappa shape index (κ3) is 3.82. The Hall–Kier alpha value is -0.870. The van der Waals surface area contributed by atoms with Gasteiger partial charge in [-0.3, -0.25) is 4.68 Å². The van der Waals surface area contributed by atoms with Crippen LogP contribution in [0.4, 0.5) is 0 Å². The molecule has 0 aliphatic heterocycles. The molecule has 0 spiro atoms. The van der Waals surface area contributed by atoms with Crippen molar-refractivity contribution in [2.45, 2.75) is 52.3 Å². The first-order valence-electron chi connectivity index (χ1n) is 6.36. The van der Waals surface area contributed by atoms with Crippen LogP contribution < -0.4 is 5.32 Å². The van der Waals surface area contributed by atoms with Crippen LogP contribution >= 0.6 is 0 Å². The monoisotopic (exact) mass is 239 g/mol. The zero-order valence-corrected chi connectivity index (χ0v) is 11.7. The van der Waals surface area contributed by atoms with E-state index >= 15 is 0 Å². The molecule has 1 unspecified atom stereocenters. The van der Waals surface area contributed by atoms with Gasteiger partial charge in [-0.25, -0.2) is 0 Å². The highest BCUT2D eigenvalue weighted by molar-refractivity contribution is 5.08. The van der Waals surface area contributed by atoms with Crippen molar-refractivity contribution in [3.63, 3.8) is 0 Å². The van der Waals surface area contributed by atoms with E-state index in [1.807, 2.05) is 24.9 Å². The van der Waals surface area contributed by atoms with E-state index in [1.54, 1.807) is 0 Å². The summed E-state index contributed by atoms with van der Waals surface area (Å²) in [5.41, 5.74) is 1.08. The molecule has 0 aliphatic carbocycles. The molecule has 1 heterocycles. The smallest absolute Gasteiger partial charge is 0.0781 e. The predicted molar refractivity (Wildman–Crippen MR) is 70.2 cm³/mol. The molecule has 17 heavy (non-hydrogen) atoms. The van der Waals surface area contributed by atoms with Gasteiger partial charge >= 0.3 is 0 Å². The number of rotatable bonds is 7. The largest absolute Gasteiger partial charge is 0.374 e. The van der Waals surface area contributed by atoms with Crippen LogP contribution in [0.2, 0.25) is 0 Å². The highest BCUT2D eigenvalue weighted by Gasteiger charge is 2.29. The molecular weight excluding hydrogens is 214 g/mol. The van der Waals surface area contributed by atoms with Crippen LogP contribution in [0.15, 0.2) is 12.4 Å². The number of aromatic nitrogens is 2. The Morgan fingerprint density at radius 3 is 2.65 bits per heavy atom. The van der Waals surface area contributed by atoms with Gasteiger partial charge in [0.15, 0.2) is 0 Å². The lowest BCUT2D eigenvalue weighted by molar-refractivity contribution is -0.0363. The first-order valence-corrected chi connectivity index (χ1v) is 6.36. The van der Waals surface area contributed by atoms with Crippen molar-refractivity contribution in [2.24, 2.45) is 0 Å². The number of likely N-dealkylation sites (N-methyl/N-ethyl adjacent to an activating group) is 1. The molecule has 98 valence electrons. The Bertz CT molecular complexity index is 333. The van der Waals surface area contributed by atoms with Gasteiger partial charge in [-0.2, -0.15) is 5.10 Å². The molecule has 1 rings (SSSR count). The summed E-state index contributed by atoms with van der Waals surface area (Å²) >= 11 is 0. The van der Waals surface area contributed by atoms with Gasteiger partial charge in [0.25, 0.3) is 0 Å². The van der Waals surface area contributed by atoms with Gasteiger partial charge in [0.05, 0.1) is 11.8 Å². The van der Waals surface area contributed by atoms with Crippen molar-refractivity contribution >= 4 is 0 Å². The molecule has 1 aromatic heterocycles. The maximum atomic E-state index is 5.80. The summed E-state index contributed by atoms with van der Waals surface area (Å²) in [6.07, 6.45) is 4.98. The van der Waals surface area contributed by atoms with Crippen LogP contribution in [0, 0.1) is 0 Å². The fourth-order valence-corrected chi connectivity index (χ4v) is 2.09. The predicted octanol–water partition coefficient (Wildman–Crippen LogP) is 1.85. The van der Waals surface area contributed by atoms with E-state index in [-0.39, 0.29) is 11.6 Å². The van der Waals surface area contributed by atoms with Gasteiger partial charge < -0.3 is 10.1 Å². The third-order valence-electron chi connectivity index (χ3n) is 3.15. The van der Waals surface area contributed by atoms with Crippen molar-refractivity contribution in [3.8, 4) is 0 Å². The Balaban J connectivity index is 2.69. The van der Waals surface area contributed by atoms with Crippen molar-refractivity contribution in [3.05, 3.63) is 18.0 Å². The van der Waals surface area contributed by atoms with E-state index in [2.05, 4.69) is 37.4 Å². The summed E-state index contributed by atoms with van der Waals surface area (Å²) in [4.78, 5) is 0. The van der Waals surface area contributed by atoms with Gasteiger partial charge in [0, 0.05) is 25.4 Å². The SMILES string of the molecule is CCOC(C)(C)C(Cc1cnn(CC)c1)NC. The maximum Gasteiger partial charge on any atom is 0.0781 e. The minimum atomic E-state index is -0.169. The summed E-state index contributed by atoms with van der Waals surface area (Å²) in [6.45, 7) is 10.0. The summed E-state index contributed by atoms with van der Waals surface area (Å²) in [5.74, 6) is 0. The average Bonchev–Trinajstić information content (AvgIpc) is 2.73. The lowest BCUT2D eigenvalue weighted by Crippen LogP contribution is -2.48. The molecule has 0 saturated carbocycles. The van der Waals surface area contributed by atoms with Crippen LogP contribution in [0.3, 0.4) is 0 Å². The molecule has 1 aromatic rings. The van der Waals surface area contributed by atoms with E-state index in [9.17, 15) is 0 Å². The number of nitrogens with one attached hydrogen (secondary N) is 1. The van der Waals surface area contributed by atoms with Crippen molar-refractivity contribution in [2.75, 3.05) is 13.7 Å². The molecule has 0 aliphatic rings. The van der Waals surface area contributed by atoms with Crippen molar-refractivity contribution in [1.29, 1.82) is 0 Å². The molecule has 1 atom stereocenters. The first kappa shape index (κ1) is 14.2. The van der Waals surface area contributed by atoms with Crippen LogP contribution in [0.25, 0.3) is 0 Å². The zero-order chi connectivity index (χ0) is 12.9. The minimum Gasteiger partial charge on any atom is -0.374 e. The van der Waals surface area contributed by atoms with Crippen molar-refractivity contribution in [1.82, 2.24) is 15.1 Å². The van der Waals surface area contributed by atoms with E-state index in [4.69, 9.17) is 4.74 Å². The van der Waals surface area contributed by atoms with E-state index in [0.717, 1.165) is 19.6 Å². The highest BCUT2D eigenvalue weighted by Crippen LogP contribution is 2.18. The molecule has 4 heteroatoms. The van der Waals surface area contributed by atoms with Gasteiger partial charge in [-0.1, -0.05) is 0 Å². The van der Waals surface area contributed by atoms with Gasteiger partial charge in [-0.15, -0.1) is 0 Å². The number of ether oxygens (including phenoxy) is 1. The maximum absolute atomic E-state index is 5.80. The summed E-state index contributed by atoms with van der Waals surface area (Å²) < 4.78 is 7.75. The molecule has 4 nitrogen and oxygen atoms in total. The summed E-state index contributed by atoms with van der Waals surface area (Å²) in [6, 6.07) is 0.289. The van der Waals surface area contributed by atoms with E-state index in [0.29, 0.717) is 0 Å². The molecular formula is C13H25N3O. The van der Waals surface area contributed by atoms with Gasteiger partial charge in [0.1, 0.15) is 0 Å². The van der Waals surface area contributed by atoms with E-state index < -0.39 is 0 Å². The minimum absolute atomic E-state index is 0.169. The fraction of sp³-hybridized carbons (Fsp3) is 0.769. The number of aryl methyl sites for hydroxylation is 1. The molecule has 0 bridgehead atoms. The molecule has 0 aromatic carbocycles. The Morgan fingerprint density at radius 1 is 1.47 bits per heavy atom. The lowest BCUT2D eigenvalue weighted by atomic mass is 9.93. The topological polar surface area (TPSA) is 39.1 Å². The second-order valence-corrected chi connectivity index (χ2v) is 4.79.